The van der Waals surface area contributed by atoms with Gasteiger partial charge >= 0.3 is 5.97 Å². The van der Waals surface area contributed by atoms with Gasteiger partial charge in [-0.3, -0.25) is 19.2 Å². The van der Waals surface area contributed by atoms with Crippen LogP contribution in [0.4, 0.5) is 5.69 Å². The Labute approximate surface area is 297 Å². The van der Waals surface area contributed by atoms with Gasteiger partial charge in [0.15, 0.2) is 5.76 Å². The van der Waals surface area contributed by atoms with Gasteiger partial charge in [-0.1, -0.05) is 31.2 Å². The first kappa shape index (κ1) is 34.8. The number of methoxy groups -OCH3 is 1. The van der Waals surface area contributed by atoms with Gasteiger partial charge < -0.3 is 29.7 Å². The first-order chi connectivity index (χ1) is 24.4. The Morgan fingerprint density at radius 3 is 2.43 bits per heavy atom. The maximum Gasteiger partial charge on any atom is 0.330 e. The molecule has 270 valence electrons. The number of para-hydroxylation sites is 1. The number of hydrogen-bond donors (Lipinski definition) is 3. The molecule has 5 aliphatic rings. The van der Waals surface area contributed by atoms with E-state index < -0.39 is 29.4 Å². The molecule has 2 heterocycles. The van der Waals surface area contributed by atoms with Gasteiger partial charge in [0, 0.05) is 28.8 Å². The Morgan fingerprint density at radius 1 is 1.02 bits per heavy atom. The largest absolute Gasteiger partial charge is 0.466 e. The highest BCUT2D eigenvalue weighted by Crippen LogP contribution is 2.66. The number of hydrogen-bond acceptors (Lipinski definition) is 7. The van der Waals surface area contributed by atoms with E-state index in [1.165, 1.54) is 49.3 Å². The van der Waals surface area contributed by atoms with Crippen molar-refractivity contribution < 1.29 is 28.3 Å². The van der Waals surface area contributed by atoms with Crippen molar-refractivity contribution in [1.29, 1.82) is 0 Å². The molecule has 8 unspecified atom stereocenters. The zero-order valence-corrected chi connectivity index (χ0v) is 29.8. The number of rotatable bonds is 11. The van der Waals surface area contributed by atoms with Gasteiger partial charge in [-0.25, -0.2) is 4.79 Å². The summed E-state index contributed by atoms with van der Waals surface area (Å²) in [5.41, 5.74) is 0.325. The average molecular weight is 697 g/mol. The molecular formula is C40H48N4O7. The van der Waals surface area contributed by atoms with Crippen molar-refractivity contribution in [3.8, 4) is 0 Å². The molecule has 3 amide bonds. The minimum atomic E-state index is -1.08. The number of anilines is 1. The van der Waals surface area contributed by atoms with Crippen LogP contribution >= 0.6 is 0 Å². The van der Waals surface area contributed by atoms with Gasteiger partial charge in [-0.05, 0) is 118 Å². The third-order valence-corrected chi connectivity index (χ3v) is 12.5. The van der Waals surface area contributed by atoms with Crippen LogP contribution in [0.1, 0.15) is 74.9 Å². The summed E-state index contributed by atoms with van der Waals surface area (Å²) < 4.78 is 11.7. The maximum absolute atomic E-state index is 13.6. The molecule has 0 saturated heterocycles. The Morgan fingerprint density at radius 2 is 1.73 bits per heavy atom. The molecule has 3 N–H and O–H groups in total. The van der Waals surface area contributed by atoms with Gasteiger partial charge in [0.1, 0.15) is 23.9 Å². The van der Waals surface area contributed by atoms with Crippen LogP contribution in [-0.2, 0) is 25.7 Å². The quantitative estimate of drug-likeness (QED) is 0.181. The summed E-state index contributed by atoms with van der Waals surface area (Å²) in [5, 5.41) is 9.53. The molecule has 6 bridgehead atoms. The average Bonchev–Trinajstić information content (AvgIpc) is 3.45. The lowest BCUT2D eigenvalue weighted by Gasteiger charge is -2.66. The van der Waals surface area contributed by atoms with Crippen LogP contribution in [0.15, 0.2) is 64.0 Å². The lowest BCUT2D eigenvalue weighted by molar-refractivity contribution is -0.165. The van der Waals surface area contributed by atoms with Crippen LogP contribution in [0.5, 0.6) is 0 Å². The molecule has 51 heavy (non-hydrogen) atoms. The second-order valence-corrected chi connectivity index (χ2v) is 15.7. The molecule has 1 aromatic carbocycles. The number of ether oxygens (including phenoxy) is 1. The molecule has 5 aliphatic carbocycles. The van der Waals surface area contributed by atoms with Crippen LogP contribution in [0.3, 0.4) is 0 Å². The van der Waals surface area contributed by atoms with E-state index in [4.69, 9.17) is 4.42 Å². The monoisotopic (exact) mass is 696 g/mol. The zero-order valence-electron chi connectivity index (χ0n) is 29.8. The van der Waals surface area contributed by atoms with Crippen molar-refractivity contribution in [3.63, 3.8) is 0 Å². The van der Waals surface area contributed by atoms with Crippen molar-refractivity contribution in [2.45, 2.75) is 83.8 Å². The number of aromatic nitrogens is 1. The summed E-state index contributed by atoms with van der Waals surface area (Å²) in [6.45, 7) is 6.22. The Balaban J connectivity index is 1.03. The number of aryl methyl sites for hydroxylation is 1. The number of fused-ring (bicyclic) bond motifs is 1. The van der Waals surface area contributed by atoms with E-state index in [1.807, 2.05) is 12.1 Å². The normalized spacial score (nSPS) is 29.5. The minimum Gasteiger partial charge on any atom is -0.466 e. The molecule has 11 heteroatoms. The van der Waals surface area contributed by atoms with E-state index in [9.17, 15) is 24.0 Å². The van der Waals surface area contributed by atoms with E-state index >= 15 is 0 Å². The SMILES string of the molecule is COC(=O)/C=C/CCC(NC(=O)c1oc2ccccc2c1C)C(=O)Nc1cccn(CC(=O)NC2(C)CC3C4CC5CC3C(C2)[C@@H](C5)C4C)c1=O. The van der Waals surface area contributed by atoms with E-state index in [2.05, 4.69) is 34.5 Å². The summed E-state index contributed by atoms with van der Waals surface area (Å²) in [6, 6.07) is 9.26. The molecule has 9 atom stereocenters. The fourth-order valence-corrected chi connectivity index (χ4v) is 10.4. The van der Waals surface area contributed by atoms with Gasteiger partial charge in [-0.2, -0.15) is 0 Å². The molecule has 3 aromatic rings. The smallest absolute Gasteiger partial charge is 0.330 e. The van der Waals surface area contributed by atoms with Crippen LogP contribution in [0.25, 0.3) is 11.0 Å². The predicted octanol–water partition coefficient (Wildman–Crippen LogP) is 5.36. The summed E-state index contributed by atoms with van der Waals surface area (Å²) in [6.07, 6.45) is 10.7. The van der Waals surface area contributed by atoms with Gasteiger partial charge in [0.2, 0.25) is 11.8 Å². The number of nitrogens with one attached hydrogen (secondary N) is 3. The number of allylic oxidation sites excluding steroid dienone is 1. The van der Waals surface area contributed by atoms with Crippen LogP contribution < -0.4 is 21.5 Å². The fourth-order valence-electron chi connectivity index (χ4n) is 10.4. The highest BCUT2D eigenvalue weighted by molar-refractivity contribution is 6.03. The molecule has 0 radical (unpaired) electrons. The molecule has 11 nitrogen and oxygen atoms in total. The molecule has 5 fully saturated rings. The third kappa shape index (κ3) is 6.74. The van der Waals surface area contributed by atoms with Gasteiger partial charge in [-0.15, -0.1) is 0 Å². The van der Waals surface area contributed by atoms with Crippen molar-refractivity contribution in [1.82, 2.24) is 15.2 Å². The summed E-state index contributed by atoms with van der Waals surface area (Å²) in [4.78, 5) is 65.7. The van der Waals surface area contributed by atoms with Crippen molar-refractivity contribution in [2.75, 3.05) is 12.4 Å². The molecule has 0 aliphatic heterocycles. The molecule has 0 spiro atoms. The van der Waals surface area contributed by atoms with E-state index in [-0.39, 0.29) is 42.3 Å². The van der Waals surface area contributed by atoms with Crippen molar-refractivity contribution in [2.24, 2.45) is 41.4 Å². The van der Waals surface area contributed by atoms with Crippen molar-refractivity contribution in [3.05, 3.63) is 76.4 Å². The topological polar surface area (TPSA) is 149 Å². The second kappa shape index (κ2) is 13.8. The third-order valence-electron chi connectivity index (χ3n) is 12.5. The molecule has 2 aromatic heterocycles. The second-order valence-electron chi connectivity index (χ2n) is 15.7. The standard InChI is InChI=1S/C40H48N4O7/c1-22-26-16-24-17-27(22)30-20-40(3,19-29(26)28(30)18-24)43-34(45)21-44-15-9-12-32(39(44)49)42-37(47)31(11-6-8-14-35(46)50-4)41-38(48)36-23(2)25-10-5-7-13-33(25)51-36/h5,7-10,12-15,22,24,26-31H,6,11,16-21H2,1-4H3,(H,41,48)(H,42,47)(H,43,45)/b14-8+/t22?,24?,26-,27?,28?,29?,30?,31?,40?/m0/s1. The molecule has 5 saturated carbocycles. The first-order valence-corrected chi connectivity index (χ1v) is 18.3. The predicted molar refractivity (Wildman–Crippen MR) is 192 cm³/mol. The number of nitrogens with zero attached hydrogens (tertiary/aromatic N) is 1. The number of furan rings is 1. The summed E-state index contributed by atoms with van der Waals surface area (Å²) in [5.74, 6) is 3.36. The summed E-state index contributed by atoms with van der Waals surface area (Å²) in [7, 11) is 1.27. The lowest BCUT2D eigenvalue weighted by Crippen LogP contribution is -2.64. The highest BCUT2D eigenvalue weighted by atomic mass is 16.5. The van der Waals surface area contributed by atoms with E-state index in [1.54, 1.807) is 31.2 Å². The number of pyridine rings is 1. The van der Waals surface area contributed by atoms with Gasteiger partial charge in [0.25, 0.3) is 11.5 Å². The van der Waals surface area contributed by atoms with Gasteiger partial charge in [0.05, 0.1) is 7.11 Å². The number of amides is 3. The van der Waals surface area contributed by atoms with Crippen LogP contribution in [0.2, 0.25) is 0 Å². The van der Waals surface area contributed by atoms with E-state index in [0.717, 1.165) is 47.8 Å². The Hall–Kier alpha value is -4.67. The number of carbonyl (C=O) groups is 4. The molecular weight excluding hydrogens is 648 g/mol. The fraction of sp³-hybridized carbons (Fsp3) is 0.525. The number of benzene rings is 1. The molecule has 8 rings (SSSR count). The lowest BCUT2D eigenvalue weighted by atomic mass is 9.40. The summed E-state index contributed by atoms with van der Waals surface area (Å²) >= 11 is 0. The maximum atomic E-state index is 13.6. The Bertz CT molecular complexity index is 1910. The van der Waals surface area contributed by atoms with Crippen LogP contribution in [0, 0.1) is 48.3 Å². The van der Waals surface area contributed by atoms with E-state index in [0.29, 0.717) is 23.0 Å². The first-order valence-electron chi connectivity index (χ1n) is 18.3. The zero-order chi connectivity index (χ0) is 36.0. The number of esters is 1. The number of carbonyl (C=O) groups excluding carboxylic acids is 4. The Kier molecular flexibility index (Phi) is 9.41. The highest BCUT2D eigenvalue weighted by Gasteiger charge is 2.61. The van der Waals surface area contributed by atoms with Crippen molar-refractivity contribution >= 4 is 40.3 Å². The minimum absolute atomic E-state index is 0.0145. The van der Waals surface area contributed by atoms with Crippen LogP contribution in [-0.4, -0.2) is 46.9 Å².